The molecular weight excluding hydrogens is 923 g/mol. The number of aliphatic hydroxyl groups excluding tert-OH is 2. The average Bonchev–Trinajstić information content (AvgIpc) is 3.41. The number of allylic oxidation sites excluding steroid dienone is 4. The molecule has 6 heteroatoms. The highest BCUT2D eigenvalue weighted by Gasteiger charge is 2.20. The molecule has 0 rings (SSSR count). The number of ether oxygens (including phenoxy) is 1. The van der Waals surface area contributed by atoms with Gasteiger partial charge in [0.1, 0.15) is 0 Å². The number of rotatable bonds is 64. The first-order valence-corrected chi connectivity index (χ1v) is 34.1. The van der Waals surface area contributed by atoms with Gasteiger partial charge >= 0.3 is 5.97 Å². The van der Waals surface area contributed by atoms with Gasteiger partial charge in [-0.3, -0.25) is 9.59 Å². The van der Waals surface area contributed by atoms with Crippen molar-refractivity contribution in [3.05, 3.63) is 24.3 Å². The summed E-state index contributed by atoms with van der Waals surface area (Å²) in [5.41, 5.74) is 0. The molecule has 0 aliphatic heterocycles. The zero-order chi connectivity index (χ0) is 54.3. The lowest BCUT2D eigenvalue weighted by Gasteiger charge is -2.22. The number of hydrogen-bond acceptors (Lipinski definition) is 5. The molecule has 0 heterocycles. The Kier molecular flexibility index (Phi) is 63.4. The van der Waals surface area contributed by atoms with E-state index in [1.54, 1.807) is 0 Å². The summed E-state index contributed by atoms with van der Waals surface area (Å²) in [6, 6.07) is -0.541. The third kappa shape index (κ3) is 61.4. The third-order valence-corrected chi connectivity index (χ3v) is 16.0. The van der Waals surface area contributed by atoms with Gasteiger partial charge in [0.15, 0.2) is 0 Å². The first kappa shape index (κ1) is 73.3. The Morgan fingerprint density at radius 2 is 0.667 bits per heavy atom. The van der Waals surface area contributed by atoms with E-state index in [4.69, 9.17) is 4.74 Å². The Morgan fingerprint density at radius 1 is 0.373 bits per heavy atom. The van der Waals surface area contributed by atoms with Crippen molar-refractivity contribution in [2.45, 2.75) is 392 Å². The Balaban J connectivity index is 3.38. The second-order valence-corrected chi connectivity index (χ2v) is 23.5. The smallest absolute Gasteiger partial charge is 0.305 e. The average molecular weight is 1060 g/mol. The van der Waals surface area contributed by atoms with Crippen LogP contribution in [0.15, 0.2) is 24.3 Å². The van der Waals surface area contributed by atoms with Gasteiger partial charge in [0, 0.05) is 12.8 Å². The molecule has 2 atom stereocenters. The number of nitrogens with one attached hydrogen (secondary N) is 1. The molecule has 6 nitrogen and oxygen atoms in total. The molecule has 0 radical (unpaired) electrons. The topological polar surface area (TPSA) is 95.9 Å². The van der Waals surface area contributed by atoms with Gasteiger partial charge in [0.25, 0.3) is 0 Å². The molecule has 0 aromatic rings. The minimum atomic E-state index is -0.664. The predicted molar refractivity (Wildman–Crippen MR) is 329 cm³/mol. The van der Waals surface area contributed by atoms with Crippen molar-refractivity contribution in [3.8, 4) is 0 Å². The first-order chi connectivity index (χ1) is 37.0. The maximum absolute atomic E-state index is 12.5. The van der Waals surface area contributed by atoms with Crippen molar-refractivity contribution < 1.29 is 24.5 Å². The largest absolute Gasteiger partial charge is 0.466 e. The summed E-state index contributed by atoms with van der Waals surface area (Å²) < 4.78 is 5.49. The molecular formula is C69H133NO5. The highest BCUT2D eigenvalue weighted by Crippen LogP contribution is 2.18. The molecule has 444 valence electrons. The summed E-state index contributed by atoms with van der Waals surface area (Å²) in [5, 5.41) is 23.3. The summed E-state index contributed by atoms with van der Waals surface area (Å²) in [6.45, 7) is 4.98. The zero-order valence-electron chi connectivity index (χ0n) is 50.8. The number of unbranched alkanes of at least 4 members (excludes halogenated alkanes) is 49. The van der Waals surface area contributed by atoms with Crippen LogP contribution in [-0.4, -0.2) is 47.4 Å². The van der Waals surface area contributed by atoms with E-state index in [1.807, 2.05) is 0 Å². The van der Waals surface area contributed by atoms with Crippen LogP contribution < -0.4 is 5.32 Å². The van der Waals surface area contributed by atoms with Gasteiger partial charge in [0.05, 0.1) is 25.4 Å². The Bertz CT molecular complexity index is 1170. The molecule has 0 aromatic heterocycles. The van der Waals surface area contributed by atoms with Crippen molar-refractivity contribution in [2.75, 3.05) is 13.2 Å². The molecule has 0 spiro atoms. The normalized spacial score (nSPS) is 12.6. The first-order valence-electron chi connectivity index (χ1n) is 34.1. The molecule has 1 amide bonds. The van der Waals surface area contributed by atoms with Crippen LogP contribution in [0.5, 0.6) is 0 Å². The van der Waals surface area contributed by atoms with Crippen LogP contribution in [0.1, 0.15) is 380 Å². The second kappa shape index (κ2) is 64.9. The van der Waals surface area contributed by atoms with Crippen LogP contribution >= 0.6 is 0 Å². The summed E-state index contributed by atoms with van der Waals surface area (Å²) in [7, 11) is 0. The number of aliphatic hydroxyl groups is 2. The lowest BCUT2D eigenvalue weighted by atomic mass is 10.0. The van der Waals surface area contributed by atoms with E-state index in [1.165, 1.54) is 302 Å². The number of carbonyl (C=O) groups is 2. The van der Waals surface area contributed by atoms with Gasteiger partial charge in [-0.1, -0.05) is 334 Å². The van der Waals surface area contributed by atoms with E-state index in [-0.39, 0.29) is 18.5 Å². The molecule has 3 N–H and O–H groups in total. The molecule has 0 aromatic carbocycles. The maximum Gasteiger partial charge on any atom is 0.305 e. The SMILES string of the molecule is CCCCCCCCCCCCCCCCCC(=O)OCCCCCCCCCCC/C=C\C/C=C\CCCCCCCCCCCCCCCC(=O)NC(CO)C(O)CCCCCCCCCCCCCCCC. The fraction of sp³-hybridized carbons (Fsp3) is 0.913. The van der Waals surface area contributed by atoms with Crippen molar-refractivity contribution in [1.29, 1.82) is 0 Å². The van der Waals surface area contributed by atoms with Crippen LogP contribution in [0.25, 0.3) is 0 Å². The quantitative estimate of drug-likeness (QED) is 0.0320. The highest BCUT2D eigenvalue weighted by atomic mass is 16.5. The standard InChI is InChI=1S/C69H133NO5/c1-3-5-7-9-11-13-15-17-34-39-43-47-51-55-59-63-69(74)75-64-60-56-52-48-44-40-36-33-31-29-27-25-23-21-19-20-22-24-26-28-30-32-35-38-42-46-50-54-58-62-68(73)70-66(65-71)67(72)61-57-53-49-45-41-37-18-16-14-12-10-8-6-4-2/h19,21,25,27,66-67,71-72H,3-18,20,22-24,26,28-65H2,1-2H3,(H,70,73)/b21-19-,27-25-. The second-order valence-electron chi connectivity index (χ2n) is 23.5. The van der Waals surface area contributed by atoms with E-state index in [0.29, 0.717) is 25.9 Å². The van der Waals surface area contributed by atoms with E-state index in [9.17, 15) is 19.8 Å². The monoisotopic (exact) mass is 1060 g/mol. The maximum atomic E-state index is 12.5. The van der Waals surface area contributed by atoms with E-state index in [0.717, 1.165) is 44.9 Å². The van der Waals surface area contributed by atoms with Gasteiger partial charge in [-0.2, -0.15) is 0 Å². The van der Waals surface area contributed by atoms with Crippen LogP contribution in [0.3, 0.4) is 0 Å². The number of carbonyl (C=O) groups excluding carboxylic acids is 2. The van der Waals surface area contributed by atoms with Crippen molar-refractivity contribution in [2.24, 2.45) is 0 Å². The van der Waals surface area contributed by atoms with Crippen LogP contribution in [0.4, 0.5) is 0 Å². The summed E-state index contributed by atoms with van der Waals surface area (Å²) in [4.78, 5) is 24.6. The molecule has 2 unspecified atom stereocenters. The molecule has 0 saturated carbocycles. The van der Waals surface area contributed by atoms with E-state index in [2.05, 4.69) is 43.5 Å². The van der Waals surface area contributed by atoms with Gasteiger partial charge in [-0.15, -0.1) is 0 Å². The number of esters is 1. The molecule has 0 fully saturated rings. The summed E-state index contributed by atoms with van der Waals surface area (Å²) in [5.74, 6) is -0.0183. The van der Waals surface area contributed by atoms with Gasteiger partial charge < -0.3 is 20.3 Å². The summed E-state index contributed by atoms with van der Waals surface area (Å²) >= 11 is 0. The van der Waals surface area contributed by atoms with Crippen molar-refractivity contribution >= 4 is 11.9 Å². The van der Waals surface area contributed by atoms with E-state index >= 15 is 0 Å². The highest BCUT2D eigenvalue weighted by molar-refractivity contribution is 5.76. The molecule has 0 aliphatic carbocycles. The Morgan fingerprint density at radius 3 is 1.01 bits per heavy atom. The molecule has 0 saturated heterocycles. The Labute approximate surface area is 469 Å². The molecule has 0 aliphatic rings. The lowest BCUT2D eigenvalue weighted by molar-refractivity contribution is -0.143. The van der Waals surface area contributed by atoms with Crippen LogP contribution in [0.2, 0.25) is 0 Å². The van der Waals surface area contributed by atoms with Gasteiger partial charge in [-0.05, 0) is 57.8 Å². The lowest BCUT2D eigenvalue weighted by Crippen LogP contribution is -2.45. The zero-order valence-corrected chi connectivity index (χ0v) is 50.8. The van der Waals surface area contributed by atoms with Crippen LogP contribution in [0, 0.1) is 0 Å². The predicted octanol–water partition coefficient (Wildman–Crippen LogP) is 21.8. The molecule has 0 bridgehead atoms. The Hall–Kier alpha value is -1.66. The minimum absolute atomic E-state index is 0.0155. The fourth-order valence-electron chi connectivity index (χ4n) is 10.8. The van der Waals surface area contributed by atoms with Crippen LogP contribution in [-0.2, 0) is 14.3 Å². The number of amides is 1. The van der Waals surface area contributed by atoms with Crippen molar-refractivity contribution in [1.82, 2.24) is 5.32 Å². The van der Waals surface area contributed by atoms with Crippen molar-refractivity contribution in [3.63, 3.8) is 0 Å². The third-order valence-electron chi connectivity index (χ3n) is 16.0. The molecule has 75 heavy (non-hydrogen) atoms. The fourth-order valence-corrected chi connectivity index (χ4v) is 10.8. The van der Waals surface area contributed by atoms with E-state index < -0.39 is 12.1 Å². The summed E-state index contributed by atoms with van der Waals surface area (Å²) in [6.07, 6.45) is 80.7. The van der Waals surface area contributed by atoms with Gasteiger partial charge in [0.2, 0.25) is 5.91 Å². The minimum Gasteiger partial charge on any atom is -0.466 e. The number of hydrogen-bond donors (Lipinski definition) is 3. The van der Waals surface area contributed by atoms with Gasteiger partial charge in [-0.25, -0.2) is 0 Å².